The number of fused-ring (bicyclic) bond motifs is 1. The first kappa shape index (κ1) is 19.3. The van der Waals surface area contributed by atoms with Gasteiger partial charge >= 0.3 is 0 Å². The average Bonchev–Trinajstić information content (AvgIpc) is 2.76. The number of nitrogens with zero attached hydrogens (tertiary/aromatic N) is 2. The zero-order valence-corrected chi connectivity index (χ0v) is 16.8. The van der Waals surface area contributed by atoms with E-state index in [1.807, 2.05) is 61.5 Å². The minimum atomic E-state index is -0.627. The summed E-state index contributed by atoms with van der Waals surface area (Å²) in [5.41, 5.74) is 8.96. The van der Waals surface area contributed by atoms with Crippen LogP contribution in [0.3, 0.4) is 0 Å². The number of aryl methyl sites for hydroxylation is 1. The molecule has 1 atom stereocenters. The molecular formula is C24H21N3O3. The van der Waals surface area contributed by atoms with E-state index in [0.29, 0.717) is 23.7 Å². The lowest BCUT2D eigenvalue weighted by molar-refractivity contribution is 0.306. The first-order chi connectivity index (χ1) is 14.5. The van der Waals surface area contributed by atoms with Crippen LogP contribution in [0.2, 0.25) is 0 Å². The fourth-order valence-electron chi connectivity index (χ4n) is 3.60. The van der Waals surface area contributed by atoms with Gasteiger partial charge in [-0.05, 0) is 30.2 Å². The van der Waals surface area contributed by atoms with Crippen molar-refractivity contribution in [3.63, 3.8) is 0 Å². The summed E-state index contributed by atoms with van der Waals surface area (Å²) in [6, 6.07) is 21.1. The molecule has 0 saturated carbocycles. The molecule has 0 aliphatic carbocycles. The first-order valence-electron chi connectivity index (χ1n) is 9.54. The number of pyridine rings is 1. The van der Waals surface area contributed by atoms with Gasteiger partial charge in [0, 0.05) is 18.8 Å². The van der Waals surface area contributed by atoms with E-state index >= 15 is 0 Å². The van der Waals surface area contributed by atoms with Gasteiger partial charge in [-0.2, -0.15) is 5.26 Å². The number of aromatic nitrogens is 1. The predicted octanol–water partition coefficient (Wildman–Crippen LogP) is 3.49. The average molecular weight is 399 g/mol. The maximum Gasteiger partial charge on any atom is 0.258 e. The van der Waals surface area contributed by atoms with Gasteiger partial charge in [-0.25, -0.2) is 0 Å². The Labute approximate surface area is 174 Å². The Balaban J connectivity index is 1.77. The SMILES string of the molecule is Cc1cc2c(c(=O)n1C)[C@H](c1cccc(OCc3ccccc3)c1)C(C#N)=C(N)O2. The number of benzene rings is 2. The molecular weight excluding hydrogens is 378 g/mol. The summed E-state index contributed by atoms with van der Waals surface area (Å²) < 4.78 is 13.1. The highest BCUT2D eigenvalue weighted by atomic mass is 16.5. The molecule has 30 heavy (non-hydrogen) atoms. The number of rotatable bonds is 4. The third kappa shape index (κ3) is 3.42. The second kappa shape index (κ2) is 7.80. The summed E-state index contributed by atoms with van der Waals surface area (Å²) in [6.45, 7) is 2.23. The van der Waals surface area contributed by atoms with E-state index in [0.717, 1.165) is 16.8 Å². The normalized spacial score (nSPS) is 15.2. The van der Waals surface area contributed by atoms with Gasteiger partial charge in [0.1, 0.15) is 29.7 Å². The first-order valence-corrected chi connectivity index (χ1v) is 9.54. The third-order valence-corrected chi connectivity index (χ3v) is 5.29. The van der Waals surface area contributed by atoms with E-state index in [4.69, 9.17) is 15.2 Å². The highest BCUT2D eigenvalue weighted by Gasteiger charge is 2.34. The number of ether oxygens (including phenoxy) is 2. The largest absolute Gasteiger partial charge is 0.489 e. The van der Waals surface area contributed by atoms with Gasteiger partial charge < -0.3 is 19.8 Å². The summed E-state index contributed by atoms with van der Waals surface area (Å²) in [6.07, 6.45) is 0. The molecule has 2 heterocycles. The zero-order valence-electron chi connectivity index (χ0n) is 16.8. The highest BCUT2D eigenvalue weighted by Crippen LogP contribution is 2.41. The molecule has 0 unspecified atom stereocenters. The van der Waals surface area contributed by atoms with Gasteiger partial charge in [0.2, 0.25) is 5.88 Å². The molecule has 0 saturated heterocycles. The molecule has 6 nitrogen and oxygen atoms in total. The van der Waals surface area contributed by atoms with E-state index in [-0.39, 0.29) is 17.0 Å². The molecule has 2 N–H and O–H groups in total. The fraction of sp³-hybridized carbons (Fsp3) is 0.167. The van der Waals surface area contributed by atoms with Crippen LogP contribution in [0.5, 0.6) is 11.5 Å². The Kier molecular flexibility index (Phi) is 5.03. The van der Waals surface area contributed by atoms with Crippen LogP contribution in [0.4, 0.5) is 0 Å². The third-order valence-electron chi connectivity index (χ3n) is 5.29. The number of hydrogen-bond donors (Lipinski definition) is 1. The van der Waals surface area contributed by atoms with Crippen molar-refractivity contribution in [2.75, 3.05) is 0 Å². The van der Waals surface area contributed by atoms with Crippen molar-refractivity contribution >= 4 is 0 Å². The lowest BCUT2D eigenvalue weighted by atomic mass is 9.84. The van der Waals surface area contributed by atoms with Crippen molar-refractivity contribution < 1.29 is 9.47 Å². The topological polar surface area (TPSA) is 90.3 Å². The monoisotopic (exact) mass is 399 g/mol. The lowest BCUT2D eigenvalue weighted by Gasteiger charge is -2.27. The van der Waals surface area contributed by atoms with Crippen LogP contribution < -0.4 is 20.8 Å². The molecule has 0 fully saturated rings. The molecule has 150 valence electrons. The van der Waals surface area contributed by atoms with Gasteiger partial charge in [-0.3, -0.25) is 4.79 Å². The zero-order chi connectivity index (χ0) is 21.3. The molecule has 2 aromatic carbocycles. The predicted molar refractivity (Wildman–Crippen MR) is 113 cm³/mol. The van der Waals surface area contributed by atoms with Crippen LogP contribution in [0.1, 0.15) is 28.3 Å². The lowest BCUT2D eigenvalue weighted by Crippen LogP contribution is -2.31. The second-order valence-electron chi connectivity index (χ2n) is 7.20. The van der Waals surface area contributed by atoms with Crippen molar-refractivity contribution in [1.82, 2.24) is 4.57 Å². The van der Waals surface area contributed by atoms with E-state index in [1.54, 1.807) is 17.7 Å². The van der Waals surface area contributed by atoms with E-state index in [1.165, 1.54) is 0 Å². The fourth-order valence-corrected chi connectivity index (χ4v) is 3.60. The highest BCUT2D eigenvalue weighted by molar-refractivity contribution is 5.56. The summed E-state index contributed by atoms with van der Waals surface area (Å²) in [5, 5.41) is 9.75. The van der Waals surface area contributed by atoms with Crippen LogP contribution >= 0.6 is 0 Å². The van der Waals surface area contributed by atoms with Gasteiger partial charge in [-0.15, -0.1) is 0 Å². The summed E-state index contributed by atoms with van der Waals surface area (Å²) in [7, 11) is 1.70. The molecule has 6 heteroatoms. The molecule has 4 rings (SSSR count). The maximum absolute atomic E-state index is 13.1. The Morgan fingerprint density at radius 2 is 1.93 bits per heavy atom. The summed E-state index contributed by atoms with van der Waals surface area (Å²) >= 11 is 0. The van der Waals surface area contributed by atoms with Gasteiger partial charge in [0.15, 0.2) is 0 Å². The summed E-state index contributed by atoms with van der Waals surface area (Å²) in [5.74, 6) is 0.411. The molecule has 1 aliphatic heterocycles. The Hall–Kier alpha value is -3.98. The summed E-state index contributed by atoms with van der Waals surface area (Å²) in [4.78, 5) is 13.1. The van der Waals surface area contributed by atoms with Crippen molar-refractivity contribution in [2.45, 2.75) is 19.4 Å². The van der Waals surface area contributed by atoms with Crippen molar-refractivity contribution in [2.24, 2.45) is 12.8 Å². The minimum absolute atomic E-state index is 0.0123. The Bertz CT molecular complexity index is 1240. The number of nitrogens with two attached hydrogens (primary N) is 1. The molecule has 0 spiro atoms. The quantitative estimate of drug-likeness (QED) is 0.725. The standard InChI is InChI=1S/C24H21N3O3/c1-15-11-20-22(24(28)27(15)2)21(19(13-25)23(26)30-20)17-9-6-10-18(12-17)29-14-16-7-4-3-5-8-16/h3-12,21H,14,26H2,1-2H3/t21-/m1/s1. The van der Waals surface area contributed by atoms with Crippen molar-refractivity contribution in [1.29, 1.82) is 5.26 Å². The molecule has 3 aromatic rings. The Morgan fingerprint density at radius 3 is 2.67 bits per heavy atom. The molecule has 0 amide bonds. The number of allylic oxidation sites excluding steroid dienone is 1. The number of hydrogen-bond acceptors (Lipinski definition) is 5. The smallest absolute Gasteiger partial charge is 0.258 e. The van der Waals surface area contributed by atoms with Crippen molar-refractivity contribution in [3.05, 3.63) is 105 Å². The Morgan fingerprint density at radius 1 is 1.17 bits per heavy atom. The van der Waals surface area contributed by atoms with Crippen LogP contribution in [-0.4, -0.2) is 4.57 Å². The van der Waals surface area contributed by atoms with E-state index in [2.05, 4.69) is 6.07 Å². The van der Waals surface area contributed by atoms with Crippen LogP contribution in [0.25, 0.3) is 0 Å². The van der Waals surface area contributed by atoms with Gasteiger partial charge in [0.05, 0.1) is 11.5 Å². The van der Waals surface area contributed by atoms with Crippen LogP contribution in [0, 0.1) is 18.3 Å². The van der Waals surface area contributed by atoms with E-state index in [9.17, 15) is 10.1 Å². The van der Waals surface area contributed by atoms with E-state index < -0.39 is 5.92 Å². The molecule has 0 radical (unpaired) electrons. The maximum atomic E-state index is 13.1. The molecule has 0 bridgehead atoms. The molecule has 1 aromatic heterocycles. The van der Waals surface area contributed by atoms with Gasteiger partial charge in [0.25, 0.3) is 5.56 Å². The van der Waals surface area contributed by atoms with Crippen LogP contribution in [-0.2, 0) is 13.7 Å². The minimum Gasteiger partial charge on any atom is -0.489 e. The molecule has 1 aliphatic rings. The second-order valence-corrected chi connectivity index (χ2v) is 7.20. The van der Waals surface area contributed by atoms with Gasteiger partial charge in [-0.1, -0.05) is 42.5 Å². The van der Waals surface area contributed by atoms with Crippen LogP contribution in [0.15, 0.2) is 76.9 Å². The number of nitriles is 1. The van der Waals surface area contributed by atoms with Crippen molar-refractivity contribution in [3.8, 4) is 17.6 Å².